The van der Waals surface area contributed by atoms with E-state index in [1.807, 2.05) is 19.1 Å². The summed E-state index contributed by atoms with van der Waals surface area (Å²) in [4.78, 5) is 7.38. The molecule has 2 aromatic heterocycles. The zero-order valence-corrected chi connectivity index (χ0v) is 12.8. The number of imidazole rings is 1. The van der Waals surface area contributed by atoms with Gasteiger partial charge in [0.25, 0.3) is 10.0 Å². The average Bonchev–Trinajstić information content (AvgIpc) is 2.96. The molecule has 0 atom stereocenters. The van der Waals surface area contributed by atoms with Crippen LogP contribution in [0.2, 0.25) is 0 Å². The molecule has 0 unspecified atom stereocenters. The zero-order chi connectivity index (χ0) is 13.2. The van der Waals surface area contributed by atoms with Gasteiger partial charge in [-0.05, 0) is 28.1 Å². The van der Waals surface area contributed by atoms with Crippen LogP contribution in [-0.4, -0.2) is 29.2 Å². The molecule has 8 heteroatoms. The summed E-state index contributed by atoms with van der Waals surface area (Å²) < 4.78 is 27.0. The van der Waals surface area contributed by atoms with Crippen molar-refractivity contribution in [1.29, 1.82) is 0 Å². The molecule has 2 heterocycles. The van der Waals surface area contributed by atoms with Crippen LogP contribution in [0.15, 0.2) is 33.5 Å². The topological polar surface area (TPSA) is 66.1 Å². The third-order valence-corrected chi connectivity index (χ3v) is 5.86. The minimum Gasteiger partial charge on any atom is -0.335 e. The minimum absolute atomic E-state index is 0.125. The van der Waals surface area contributed by atoms with Crippen LogP contribution in [0.1, 0.15) is 11.8 Å². The smallest absolute Gasteiger partial charge is 0.260 e. The highest BCUT2D eigenvalue weighted by molar-refractivity contribution is 9.11. The van der Waals surface area contributed by atoms with Crippen molar-refractivity contribution < 1.29 is 8.42 Å². The lowest BCUT2D eigenvalue weighted by Gasteiger charge is -2.18. The maximum absolute atomic E-state index is 12.3. The van der Waals surface area contributed by atoms with E-state index in [2.05, 4.69) is 25.9 Å². The summed E-state index contributed by atoms with van der Waals surface area (Å²) in [6.07, 6.45) is 2.69. The highest BCUT2D eigenvalue weighted by Gasteiger charge is 2.24. The molecule has 0 aliphatic carbocycles. The van der Waals surface area contributed by atoms with Crippen LogP contribution in [0.5, 0.6) is 0 Å². The maximum Gasteiger partial charge on any atom is 0.260 e. The lowest BCUT2D eigenvalue weighted by Crippen LogP contribution is -2.30. The predicted octanol–water partition coefficient (Wildman–Crippen LogP) is 2.44. The van der Waals surface area contributed by atoms with E-state index in [4.69, 9.17) is 0 Å². The normalized spacial score (nSPS) is 12.2. The number of rotatable bonds is 5. The lowest BCUT2D eigenvalue weighted by atomic mass is 10.4. The second-order valence-electron chi connectivity index (χ2n) is 3.55. The molecular formula is C10H12BrN3O2S2. The summed E-state index contributed by atoms with van der Waals surface area (Å²) in [5, 5.41) is 0.125. The number of aromatic nitrogens is 2. The Morgan fingerprint density at radius 2 is 2.28 bits per heavy atom. The molecule has 1 N–H and O–H groups in total. The van der Waals surface area contributed by atoms with Crippen molar-refractivity contribution in [1.82, 2.24) is 14.3 Å². The number of hydrogen-bond donors (Lipinski definition) is 1. The van der Waals surface area contributed by atoms with Gasteiger partial charge in [-0.2, -0.15) is 4.31 Å². The molecule has 0 saturated carbocycles. The minimum atomic E-state index is -3.49. The van der Waals surface area contributed by atoms with E-state index < -0.39 is 10.0 Å². The van der Waals surface area contributed by atoms with Crippen LogP contribution in [0.4, 0.5) is 0 Å². The molecule has 5 nitrogen and oxygen atoms in total. The van der Waals surface area contributed by atoms with Crippen molar-refractivity contribution >= 4 is 37.3 Å². The highest BCUT2D eigenvalue weighted by Crippen LogP contribution is 2.25. The molecule has 0 spiro atoms. The van der Waals surface area contributed by atoms with Gasteiger partial charge < -0.3 is 4.98 Å². The number of thiophene rings is 1. The quantitative estimate of drug-likeness (QED) is 0.901. The molecule has 0 radical (unpaired) electrons. The molecule has 18 heavy (non-hydrogen) atoms. The highest BCUT2D eigenvalue weighted by atomic mass is 79.9. The molecule has 0 aromatic carbocycles. The average molecular weight is 350 g/mol. The Bertz CT molecular complexity index is 607. The first-order valence-electron chi connectivity index (χ1n) is 5.26. The van der Waals surface area contributed by atoms with Crippen molar-refractivity contribution in [2.45, 2.75) is 18.5 Å². The Balaban J connectivity index is 2.24. The third kappa shape index (κ3) is 2.82. The third-order valence-electron chi connectivity index (χ3n) is 2.40. The second kappa shape index (κ2) is 5.52. The molecule has 0 amide bonds. The van der Waals surface area contributed by atoms with Gasteiger partial charge in [-0.15, -0.1) is 11.3 Å². The van der Waals surface area contributed by atoms with Gasteiger partial charge in [0, 0.05) is 18.0 Å². The molecule has 98 valence electrons. The number of halogens is 1. The Morgan fingerprint density at radius 3 is 2.78 bits per heavy atom. The number of sulfonamides is 1. The number of nitrogens with one attached hydrogen (secondary N) is 1. The first kappa shape index (κ1) is 13.7. The predicted molar refractivity (Wildman–Crippen MR) is 73.9 cm³/mol. The van der Waals surface area contributed by atoms with Gasteiger partial charge in [0.15, 0.2) is 5.03 Å². The Kier molecular flexibility index (Phi) is 4.21. The van der Waals surface area contributed by atoms with Gasteiger partial charge in [0.2, 0.25) is 0 Å². The standard InChI is InChI=1S/C10H12BrN3O2S2/c1-2-14(6-8-3-4-9(11)17-8)18(15,16)10-5-12-7-13-10/h3-5,7H,2,6H2,1H3,(H,12,13). The first-order valence-corrected chi connectivity index (χ1v) is 8.31. The van der Waals surface area contributed by atoms with Gasteiger partial charge in [-0.3, -0.25) is 0 Å². The van der Waals surface area contributed by atoms with Gasteiger partial charge in [0.05, 0.1) is 16.3 Å². The van der Waals surface area contributed by atoms with Crippen molar-refractivity contribution in [2.24, 2.45) is 0 Å². The Hall–Kier alpha value is -0.700. The van der Waals surface area contributed by atoms with Crippen LogP contribution in [0.3, 0.4) is 0 Å². The SMILES string of the molecule is CCN(Cc1ccc(Br)s1)S(=O)(=O)c1cnc[nH]1. The van der Waals surface area contributed by atoms with E-state index in [0.717, 1.165) is 8.66 Å². The van der Waals surface area contributed by atoms with Gasteiger partial charge in [0.1, 0.15) is 0 Å². The Morgan fingerprint density at radius 1 is 1.50 bits per heavy atom. The van der Waals surface area contributed by atoms with Crippen LogP contribution in [0, 0.1) is 0 Å². The molecule has 0 aliphatic heterocycles. The molecule has 0 bridgehead atoms. The molecule has 0 aliphatic rings. The van der Waals surface area contributed by atoms with Crippen molar-refractivity contribution in [2.75, 3.05) is 6.54 Å². The number of nitrogens with zero attached hydrogens (tertiary/aromatic N) is 2. The largest absolute Gasteiger partial charge is 0.335 e. The van der Waals surface area contributed by atoms with Crippen LogP contribution >= 0.6 is 27.3 Å². The van der Waals surface area contributed by atoms with E-state index >= 15 is 0 Å². The van der Waals surface area contributed by atoms with Crippen molar-refractivity contribution in [3.63, 3.8) is 0 Å². The molecular weight excluding hydrogens is 338 g/mol. The summed E-state index contributed by atoms with van der Waals surface area (Å²) in [5.74, 6) is 0. The van der Waals surface area contributed by atoms with E-state index in [1.165, 1.54) is 28.2 Å². The Labute approximate surface area is 118 Å². The fourth-order valence-electron chi connectivity index (χ4n) is 1.50. The molecule has 0 fully saturated rings. The van der Waals surface area contributed by atoms with Crippen molar-refractivity contribution in [3.05, 3.63) is 33.3 Å². The van der Waals surface area contributed by atoms with Crippen molar-refractivity contribution in [3.8, 4) is 0 Å². The summed E-state index contributed by atoms with van der Waals surface area (Å²) in [6.45, 7) is 2.60. The summed E-state index contributed by atoms with van der Waals surface area (Å²) in [5.41, 5.74) is 0. The lowest BCUT2D eigenvalue weighted by molar-refractivity contribution is 0.424. The van der Waals surface area contributed by atoms with Crippen LogP contribution in [0.25, 0.3) is 0 Å². The van der Waals surface area contributed by atoms with E-state index in [0.29, 0.717) is 13.1 Å². The van der Waals surface area contributed by atoms with Gasteiger partial charge in [-0.25, -0.2) is 13.4 Å². The van der Waals surface area contributed by atoms with Crippen LogP contribution < -0.4 is 0 Å². The second-order valence-corrected chi connectivity index (χ2v) is 8.01. The monoisotopic (exact) mass is 349 g/mol. The van der Waals surface area contributed by atoms with E-state index in [1.54, 1.807) is 0 Å². The fraction of sp³-hybridized carbons (Fsp3) is 0.300. The zero-order valence-electron chi connectivity index (χ0n) is 9.63. The fourth-order valence-corrected chi connectivity index (χ4v) is 4.40. The molecule has 0 saturated heterocycles. The number of aromatic amines is 1. The molecule has 2 aromatic rings. The summed E-state index contributed by atoms with van der Waals surface area (Å²) in [7, 11) is -3.49. The summed E-state index contributed by atoms with van der Waals surface area (Å²) >= 11 is 4.90. The van der Waals surface area contributed by atoms with Crippen LogP contribution in [-0.2, 0) is 16.6 Å². The number of hydrogen-bond acceptors (Lipinski definition) is 4. The molecule has 2 rings (SSSR count). The van der Waals surface area contributed by atoms with E-state index in [9.17, 15) is 8.42 Å². The first-order chi connectivity index (χ1) is 8.54. The van der Waals surface area contributed by atoms with E-state index in [-0.39, 0.29) is 5.03 Å². The summed E-state index contributed by atoms with van der Waals surface area (Å²) in [6, 6.07) is 3.83. The number of H-pyrrole nitrogens is 1. The maximum atomic E-state index is 12.3. The van der Waals surface area contributed by atoms with Gasteiger partial charge in [-0.1, -0.05) is 6.92 Å². The van der Waals surface area contributed by atoms with Gasteiger partial charge >= 0.3 is 0 Å².